The van der Waals surface area contributed by atoms with Crippen LogP contribution < -0.4 is 10.6 Å². The molecule has 1 aliphatic heterocycles. The standard InChI is InChI=1S/C16H15FN2O/c1-10-8-13(18)4-5-14(10)16(20)19-7-6-11-2-3-12(17)9-15(11)19/h2-5,8-9H,6-7,18H2,1H3. The number of halogens is 1. The Hall–Kier alpha value is -2.36. The Bertz CT molecular complexity index is 697. The van der Waals surface area contributed by atoms with Crippen LogP contribution >= 0.6 is 0 Å². The molecule has 0 aliphatic carbocycles. The predicted molar refractivity (Wildman–Crippen MR) is 77.4 cm³/mol. The second-order valence-electron chi connectivity index (χ2n) is 5.05. The number of amides is 1. The summed E-state index contributed by atoms with van der Waals surface area (Å²) in [4.78, 5) is 14.3. The van der Waals surface area contributed by atoms with E-state index >= 15 is 0 Å². The molecule has 0 aromatic heterocycles. The second-order valence-corrected chi connectivity index (χ2v) is 5.05. The number of nitrogen functional groups attached to an aromatic ring is 1. The fourth-order valence-electron chi connectivity index (χ4n) is 2.64. The van der Waals surface area contributed by atoms with Crippen molar-refractivity contribution in [1.82, 2.24) is 0 Å². The van der Waals surface area contributed by atoms with E-state index in [1.807, 2.05) is 6.92 Å². The average Bonchev–Trinajstić information content (AvgIpc) is 2.81. The molecule has 1 amide bonds. The number of fused-ring (bicyclic) bond motifs is 1. The average molecular weight is 270 g/mol. The molecule has 2 aromatic carbocycles. The van der Waals surface area contributed by atoms with Crippen molar-refractivity contribution in [3.05, 3.63) is 58.9 Å². The fraction of sp³-hybridized carbons (Fsp3) is 0.188. The first-order chi connectivity index (χ1) is 9.56. The number of carbonyl (C=O) groups excluding carboxylic acids is 1. The van der Waals surface area contributed by atoms with E-state index in [4.69, 9.17) is 5.73 Å². The molecule has 3 nitrogen and oxygen atoms in total. The van der Waals surface area contributed by atoms with Gasteiger partial charge < -0.3 is 10.6 Å². The first-order valence-electron chi connectivity index (χ1n) is 6.52. The van der Waals surface area contributed by atoms with Crippen LogP contribution in [0.5, 0.6) is 0 Å². The van der Waals surface area contributed by atoms with Crippen LogP contribution in [0.25, 0.3) is 0 Å². The Morgan fingerprint density at radius 1 is 1.25 bits per heavy atom. The Kier molecular flexibility index (Phi) is 2.93. The van der Waals surface area contributed by atoms with Gasteiger partial charge in [-0.15, -0.1) is 0 Å². The van der Waals surface area contributed by atoms with Crippen LogP contribution in [-0.4, -0.2) is 12.5 Å². The van der Waals surface area contributed by atoms with Crippen molar-refractivity contribution in [3.63, 3.8) is 0 Å². The Morgan fingerprint density at radius 3 is 2.80 bits per heavy atom. The number of hydrogen-bond acceptors (Lipinski definition) is 2. The molecule has 102 valence electrons. The molecule has 3 rings (SSSR count). The molecule has 2 N–H and O–H groups in total. The van der Waals surface area contributed by atoms with Crippen molar-refractivity contribution in [1.29, 1.82) is 0 Å². The summed E-state index contributed by atoms with van der Waals surface area (Å²) in [6.45, 7) is 2.44. The summed E-state index contributed by atoms with van der Waals surface area (Å²) in [7, 11) is 0. The summed E-state index contributed by atoms with van der Waals surface area (Å²) in [5, 5.41) is 0. The first-order valence-corrected chi connectivity index (χ1v) is 6.52. The highest BCUT2D eigenvalue weighted by Crippen LogP contribution is 2.30. The predicted octanol–water partition coefficient (Wildman–Crippen LogP) is 2.92. The second kappa shape index (κ2) is 4.63. The van der Waals surface area contributed by atoms with E-state index in [2.05, 4.69) is 0 Å². The quantitative estimate of drug-likeness (QED) is 0.810. The van der Waals surface area contributed by atoms with Crippen LogP contribution in [0, 0.1) is 12.7 Å². The van der Waals surface area contributed by atoms with Gasteiger partial charge in [0.25, 0.3) is 5.91 Å². The molecule has 0 saturated carbocycles. The van der Waals surface area contributed by atoms with Crippen LogP contribution in [0.3, 0.4) is 0 Å². The number of nitrogens with two attached hydrogens (primary N) is 1. The number of aryl methyl sites for hydroxylation is 1. The van der Waals surface area contributed by atoms with Gasteiger partial charge in [0.05, 0.1) is 5.69 Å². The van der Waals surface area contributed by atoms with Gasteiger partial charge in [0, 0.05) is 17.8 Å². The van der Waals surface area contributed by atoms with E-state index in [1.165, 1.54) is 12.1 Å². The van der Waals surface area contributed by atoms with E-state index in [0.717, 1.165) is 17.5 Å². The molecule has 1 aliphatic rings. The molecule has 1 heterocycles. The maximum absolute atomic E-state index is 13.4. The van der Waals surface area contributed by atoms with Crippen molar-refractivity contribution in [2.24, 2.45) is 0 Å². The third kappa shape index (κ3) is 2.03. The molecule has 4 heteroatoms. The number of carbonyl (C=O) groups is 1. The summed E-state index contributed by atoms with van der Waals surface area (Å²) in [6, 6.07) is 9.81. The first kappa shape index (κ1) is 12.7. The molecule has 0 spiro atoms. The molecule has 0 saturated heterocycles. The van der Waals surface area contributed by atoms with Gasteiger partial charge in [-0.3, -0.25) is 4.79 Å². The smallest absolute Gasteiger partial charge is 0.258 e. The third-order valence-corrected chi connectivity index (χ3v) is 3.67. The van der Waals surface area contributed by atoms with Gasteiger partial charge in [-0.05, 0) is 54.8 Å². The molecular formula is C16H15FN2O. The molecule has 0 atom stereocenters. The lowest BCUT2D eigenvalue weighted by atomic mass is 10.1. The Balaban J connectivity index is 1.99. The summed E-state index contributed by atoms with van der Waals surface area (Å²) in [6.07, 6.45) is 0.759. The van der Waals surface area contributed by atoms with Crippen molar-refractivity contribution >= 4 is 17.3 Å². The lowest BCUT2D eigenvalue weighted by Gasteiger charge is -2.18. The van der Waals surface area contributed by atoms with Crippen LogP contribution in [0.15, 0.2) is 36.4 Å². The van der Waals surface area contributed by atoms with Crippen molar-refractivity contribution < 1.29 is 9.18 Å². The van der Waals surface area contributed by atoms with Gasteiger partial charge in [0.1, 0.15) is 5.82 Å². The van der Waals surface area contributed by atoms with E-state index < -0.39 is 0 Å². The molecule has 0 unspecified atom stereocenters. The SMILES string of the molecule is Cc1cc(N)ccc1C(=O)N1CCc2ccc(F)cc21. The topological polar surface area (TPSA) is 46.3 Å². The minimum Gasteiger partial charge on any atom is -0.399 e. The maximum Gasteiger partial charge on any atom is 0.258 e. The number of hydrogen-bond donors (Lipinski definition) is 1. The minimum atomic E-state index is -0.322. The molecular weight excluding hydrogens is 255 g/mol. The largest absolute Gasteiger partial charge is 0.399 e. The third-order valence-electron chi connectivity index (χ3n) is 3.67. The van der Waals surface area contributed by atoms with Gasteiger partial charge in [-0.1, -0.05) is 6.07 Å². The summed E-state index contributed by atoms with van der Waals surface area (Å²) in [5.74, 6) is -0.427. The van der Waals surface area contributed by atoms with Gasteiger partial charge in [0.15, 0.2) is 0 Å². The van der Waals surface area contributed by atoms with Gasteiger partial charge in [-0.2, -0.15) is 0 Å². The zero-order valence-electron chi connectivity index (χ0n) is 11.2. The number of anilines is 2. The van der Waals surface area contributed by atoms with E-state index in [9.17, 15) is 9.18 Å². The maximum atomic E-state index is 13.4. The van der Waals surface area contributed by atoms with Gasteiger partial charge in [-0.25, -0.2) is 4.39 Å². The zero-order valence-corrected chi connectivity index (χ0v) is 11.2. The van der Waals surface area contributed by atoms with Crippen LogP contribution in [-0.2, 0) is 6.42 Å². The van der Waals surface area contributed by atoms with Crippen LogP contribution in [0.2, 0.25) is 0 Å². The Morgan fingerprint density at radius 2 is 2.05 bits per heavy atom. The van der Waals surface area contributed by atoms with E-state index in [-0.39, 0.29) is 11.7 Å². The molecule has 0 radical (unpaired) electrons. The van der Waals surface area contributed by atoms with Crippen LogP contribution in [0.1, 0.15) is 21.5 Å². The van der Waals surface area contributed by atoms with Crippen LogP contribution in [0.4, 0.5) is 15.8 Å². The number of benzene rings is 2. The normalized spacial score (nSPS) is 13.4. The monoisotopic (exact) mass is 270 g/mol. The summed E-state index contributed by atoms with van der Waals surface area (Å²) in [5.41, 5.74) is 9.46. The summed E-state index contributed by atoms with van der Waals surface area (Å²) >= 11 is 0. The van der Waals surface area contributed by atoms with Crippen molar-refractivity contribution in [2.45, 2.75) is 13.3 Å². The van der Waals surface area contributed by atoms with Gasteiger partial charge in [0.2, 0.25) is 0 Å². The number of rotatable bonds is 1. The van der Waals surface area contributed by atoms with Crippen molar-refractivity contribution in [3.8, 4) is 0 Å². The highest BCUT2D eigenvalue weighted by atomic mass is 19.1. The zero-order chi connectivity index (χ0) is 14.3. The highest BCUT2D eigenvalue weighted by Gasteiger charge is 2.26. The van der Waals surface area contributed by atoms with E-state index in [0.29, 0.717) is 23.5 Å². The molecule has 0 fully saturated rings. The molecule has 20 heavy (non-hydrogen) atoms. The lowest BCUT2D eigenvalue weighted by molar-refractivity contribution is 0.0989. The molecule has 0 bridgehead atoms. The number of nitrogens with zero attached hydrogens (tertiary/aromatic N) is 1. The van der Waals surface area contributed by atoms with Gasteiger partial charge >= 0.3 is 0 Å². The minimum absolute atomic E-state index is 0.105. The van der Waals surface area contributed by atoms with E-state index in [1.54, 1.807) is 29.2 Å². The lowest BCUT2D eigenvalue weighted by Crippen LogP contribution is -2.29. The highest BCUT2D eigenvalue weighted by molar-refractivity contribution is 6.08. The summed E-state index contributed by atoms with van der Waals surface area (Å²) < 4.78 is 13.4. The molecule has 2 aromatic rings. The fourth-order valence-corrected chi connectivity index (χ4v) is 2.64. The van der Waals surface area contributed by atoms with Crippen molar-refractivity contribution in [2.75, 3.05) is 17.2 Å². The Labute approximate surface area is 116 Å².